The van der Waals surface area contributed by atoms with Crippen molar-refractivity contribution in [3.63, 3.8) is 0 Å². The first-order valence-corrected chi connectivity index (χ1v) is 16.1. The summed E-state index contributed by atoms with van der Waals surface area (Å²) < 4.78 is 0. The maximum atomic E-state index is 3.00. The minimum atomic E-state index is 0.520. The van der Waals surface area contributed by atoms with E-state index in [1.165, 1.54) is 77.0 Å². The molecule has 9 atom stereocenters. The van der Waals surface area contributed by atoms with Crippen molar-refractivity contribution in [2.24, 2.45) is 58.2 Å². The van der Waals surface area contributed by atoms with Crippen molar-refractivity contribution < 1.29 is 0 Å². The lowest BCUT2D eigenvalue weighted by atomic mass is 9.46. The monoisotopic (exact) mass is 509 g/mol. The smallest absolute Gasteiger partial charge is 0.00851 e. The molecule has 0 aromatic rings. The van der Waals surface area contributed by atoms with Gasteiger partial charge in [-0.1, -0.05) is 84.6 Å². The SMILES string of the molecule is C/C=C/[C@H](CCCC(C)C)[C@H]1CC[C@H]2C3CC=C4C[C@@H](C(C)CC)CC[C@]4(C)[C@H]3CC[C@]12C.C=C.C=C. The van der Waals surface area contributed by atoms with Crippen LogP contribution in [0.25, 0.3) is 0 Å². The summed E-state index contributed by atoms with van der Waals surface area (Å²) in [5.41, 5.74) is 2.99. The molecular weight excluding hydrogens is 444 g/mol. The zero-order chi connectivity index (χ0) is 27.8. The lowest BCUT2D eigenvalue weighted by Crippen LogP contribution is -2.50. The fraction of sp³-hybridized carbons (Fsp3) is 0.784. The van der Waals surface area contributed by atoms with E-state index in [9.17, 15) is 0 Å². The van der Waals surface area contributed by atoms with E-state index in [-0.39, 0.29) is 0 Å². The first-order chi connectivity index (χ1) is 17.7. The summed E-state index contributed by atoms with van der Waals surface area (Å²) in [6.45, 7) is 29.4. The van der Waals surface area contributed by atoms with Crippen molar-refractivity contribution >= 4 is 0 Å². The predicted molar refractivity (Wildman–Crippen MR) is 168 cm³/mol. The highest BCUT2D eigenvalue weighted by Crippen LogP contribution is 2.68. The second-order valence-corrected chi connectivity index (χ2v) is 13.9. The molecule has 2 unspecified atom stereocenters. The third-order valence-corrected chi connectivity index (χ3v) is 11.9. The Morgan fingerprint density at radius 2 is 1.65 bits per heavy atom. The third-order valence-electron chi connectivity index (χ3n) is 11.9. The quantitative estimate of drug-likeness (QED) is 0.286. The van der Waals surface area contributed by atoms with Gasteiger partial charge in [-0.2, -0.15) is 0 Å². The van der Waals surface area contributed by atoms with Gasteiger partial charge in [-0.25, -0.2) is 0 Å². The minimum Gasteiger partial charge on any atom is -0.106 e. The lowest BCUT2D eigenvalue weighted by molar-refractivity contribution is -0.0522. The Hall–Kier alpha value is -1.04. The summed E-state index contributed by atoms with van der Waals surface area (Å²) in [6, 6.07) is 0. The maximum absolute atomic E-state index is 3.00. The lowest BCUT2D eigenvalue weighted by Gasteiger charge is -2.59. The summed E-state index contributed by atoms with van der Waals surface area (Å²) in [6.07, 6.45) is 25.1. The Morgan fingerprint density at radius 3 is 2.27 bits per heavy atom. The molecule has 37 heavy (non-hydrogen) atoms. The summed E-state index contributed by atoms with van der Waals surface area (Å²) in [7, 11) is 0. The van der Waals surface area contributed by atoms with E-state index in [0.29, 0.717) is 10.8 Å². The maximum Gasteiger partial charge on any atom is -0.00851 e. The average molecular weight is 509 g/mol. The highest BCUT2D eigenvalue weighted by atomic mass is 14.6. The minimum absolute atomic E-state index is 0.520. The van der Waals surface area contributed by atoms with Gasteiger partial charge in [-0.3, -0.25) is 0 Å². The predicted octanol–water partition coefficient (Wildman–Crippen LogP) is 11.9. The highest BCUT2D eigenvalue weighted by molar-refractivity contribution is 5.25. The van der Waals surface area contributed by atoms with Gasteiger partial charge in [-0.15, -0.1) is 26.3 Å². The molecule has 0 radical (unpaired) electrons. The summed E-state index contributed by atoms with van der Waals surface area (Å²) in [5.74, 6) is 7.33. The number of hydrogen-bond acceptors (Lipinski definition) is 0. The molecule has 0 heterocycles. The molecule has 0 aliphatic heterocycles. The molecule has 0 heteroatoms. The van der Waals surface area contributed by atoms with E-state index < -0.39 is 0 Å². The molecule has 4 aliphatic carbocycles. The fourth-order valence-electron chi connectivity index (χ4n) is 9.69. The highest BCUT2D eigenvalue weighted by Gasteiger charge is 2.59. The Morgan fingerprint density at radius 1 is 0.946 bits per heavy atom. The largest absolute Gasteiger partial charge is 0.106 e. The molecule has 212 valence electrons. The van der Waals surface area contributed by atoms with Gasteiger partial charge in [0.25, 0.3) is 0 Å². The van der Waals surface area contributed by atoms with Crippen LogP contribution < -0.4 is 0 Å². The Bertz CT molecular complexity index is 739. The van der Waals surface area contributed by atoms with Crippen LogP contribution in [0, 0.1) is 58.2 Å². The van der Waals surface area contributed by atoms with Gasteiger partial charge in [0.2, 0.25) is 0 Å². The first kappa shape index (κ1) is 32.2. The van der Waals surface area contributed by atoms with Crippen LogP contribution >= 0.6 is 0 Å². The van der Waals surface area contributed by atoms with Gasteiger partial charge in [0.05, 0.1) is 0 Å². The number of hydrogen-bond donors (Lipinski definition) is 0. The van der Waals surface area contributed by atoms with Crippen molar-refractivity contribution in [1.82, 2.24) is 0 Å². The molecule has 0 saturated heterocycles. The van der Waals surface area contributed by atoms with Gasteiger partial charge in [0.15, 0.2) is 0 Å². The third kappa shape index (κ3) is 6.58. The molecule has 3 fully saturated rings. The average Bonchev–Trinajstić information content (AvgIpc) is 3.26. The molecule has 4 rings (SSSR count). The molecule has 0 nitrogen and oxygen atoms in total. The molecule has 3 saturated carbocycles. The van der Waals surface area contributed by atoms with Crippen LogP contribution in [-0.4, -0.2) is 0 Å². The van der Waals surface area contributed by atoms with Crippen molar-refractivity contribution in [2.45, 2.75) is 126 Å². The number of fused-ring (bicyclic) bond motifs is 5. The van der Waals surface area contributed by atoms with E-state index in [0.717, 1.165) is 47.3 Å². The van der Waals surface area contributed by atoms with E-state index in [4.69, 9.17) is 0 Å². The van der Waals surface area contributed by atoms with E-state index >= 15 is 0 Å². The normalized spacial score (nSPS) is 38.2. The van der Waals surface area contributed by atoms with E-state index in [1.807, 2.05) is 5.57 Å². The van der Waals surface area contributed by atoms with Crippen LogP contribution in [0.3, 0.4) is 0 Å². The molecule has 0 N–H and O–H groups in total. The zero-order valence-corrected chi connectivity index (χ0v) is 26.2. The molecule has 0 bridgehead atoms. The van der Waals surface area contributed by atoms with Gasteiger partial charge in [0.1, 0.15) is 0 Å². The molecule has 0 aromatic heterocycles. The fourth-order valence-corrected chi connectivity index (χ4v) is 9.69. The van der Waals surface area contributed by atoms with Crippen LogP contribution in [0.5, 0.6) is 0 Å². The summed E-state index contributed by atoms with van der Waals surface area (Å²) >= 11 is 0. The van der Waals surface area contributed by atoms with Crippen molar-refractivity contribution in [2.75, 3.05) is 0 Å². The first-order valence-electron chi connectivity index (χ1n) is 16.1. The van der Waals surface area contributed by atoms with Crippen LogP contribution in [0.4, 0.5) is 0 Å². The molecule has 4 aliphatic rings. The van der Waals surface area contributed by atoms with Crippen molar-refractivity contribution in [3.8, 4) is 0 Å². The molecule has 0 spiro atoms. The zero-order valence-electron chi connectivity index (χ0n) is 26.2. The van der Waals surface area contributed by atoms with Crippen molar-refractivity contribution in [3.05, 3.63) is 50.1 Å². The van der Waals surface area contributed by atoms with Crippen LogP contribution in [-0.2, 0) is 0 Å². The van der Waals surface area contributed by atoms with Crippen LogP contribution in [0.2, 0.25) is 0 Å². The second kappa shape index (κ2) is 14.4. The topological polar surface area (TPSA) is 0 Å². The Kier molecular flexibility index (Phi) is 12.5. The molecule has 0 amide bonds. The van der Waals surface area contributed by atoms with Crippen LogP contribution in [0.1, 0.15) is 126 Å². The second-order valence-electron chi connectivity index (χ2n) is 13.9. The Labute approximate surface area is 233 Å². The van der Waals surface area contributed by atoms with Gasteiger partial charge in [-0.05, 0) is 123 Å². The number of allylic oxidation sites excluding steroid dienone is 4. The standard InChI is InChI=1S/C33H56.2C2H4/c1-8-11-25(13-10-12-23(3)4)29-16-17-30-28-15-14-27-22-26(24(5)9-2)18-20-32(27,6)31(28)19-21-33(29,30)7;2*1-2/h8,11,14,23-26,28-31H,9-10,12-13,15-22H2,1-7H3;2*1-2H2/b11-8+;;/t24?,25-,26+,28?,29-,30+,31+,32+,33-;;/m1../s1. The summed E-state index contributed by atoms with van der Waals surface area (Å²) in [4.78, 5) is 0. The van der Waals surface area contributed by atoms with Crippen molar-refractivity contribution in [1.29, 1.82) is 0 Å². The van der Waals surface area contributed by atoms with E-state index in [2.05, 4.69) is 93.0 Å². The Balaban J connectivity index is 0.00000115. The van der Waals surface area contributed by atoms with Gasteiger partial charge < -0.3 is 0 Å². The summed E-state index contributed by atoms with van der Waals surface area (Å²) in [5, 5.41) is 0. The molecule has 0 aromatic carbocycles. The number of rotatable bonds is 8. The molecular formula is C37H64. The van der Waals surface area contributed by atoms with Gasteiger partial charge in [0, 0.05) is 0 Å². The van der Waals surface area contributed by atoms with Gasteiger partial charge >= 0.3 is 0 Å². The van der Waals surface area contributed by atoms with E-state index in [1.54, 1.807) is 0 Å². The van der Waals surface area contributed by atoms with Crippen LogP contribution in [0.15, 0.2) is 50.1 Å².